The van der Waals surface area contributed by atoms with Gasteiger partial charge < -0.3 is 4.90 Å². The van der Waals surface area contributed by atoms with Crippen molar-refractivity contribution in [2.75, 3.05) is 26.2 Å². The maximum absolute atomic E-state index is 12.8. The Morgan fingerprint density at radius 1 is 1.21 bits per heavy atom. The lowest BCUT2D eigenvalue weighted by Gasteiger charge is -2.22. The molecule has 1 aliphatic heterocycles. The van der Waals surface area contributed by atoms with Crippen LogP contribution in [0.4, 0.5) is 0 Å². The summed E-state index contributed by atoms with van der Waals surface area (Å²) in [6.45, 7) is 8.65. The first-order chi connectivity index (χ1) is 11.7. The quantitative estimate of drug-likeness (QED) is 0.856. The summed E-state index contributed by atoms with van der Waals surface area (Å²) in [5, 5.41) is 4.07. The SMILES string of the molecule is CCc1nnsc1C(=O)N1CCCN(Cc2ccccc2C)CC1. The normalized spacial score (nSPS) is 16.2. The van der Waals surface area contributed by atoms with Crippen molar-refractivity contribution in [1.82, 2.24) is 19.4 Å². The smallest absolute Gasteiger partial charge is 0.267 e. The van der Waals surface area contributed by atoms with Crippen molar-refractivity contribution in [3.05, 3.63) is 46.0 Å². The minimum Gasteiger partial charge on any atom is -0.337 e. The van der Waals surface area contributed by atoms with Gasteiger partial charge in [-0.3, -0.25) is 9.69 Å². The number of carbonyl (C=O) groups is 1. The fourth-order valence-electron chi connectivity index (χ4n) is 3.11. The van der Waals surface area contributed by atoms with Crippen molar-refractivity contribution in [3.8, 4) is 0 Å². The second-order valence-corrected chi connectivity index (χ2v) is 7.00. The molecule has 1 amide bonds. The van der Waals surface area contributed by atoms with Gasteiger partial charge in [-0.1, -0.05) is 35.7 Å². The van der Waals surface area contributed by atoms with E-state index in [9.17, 15) is 4.79 Å². The lowest BCUT2D eigenvalue weighted by molar-refractivity contribution is 0.0764. The van der Waals surface area contributed by atoms with Gasteiger partial charge in [0.05, 0.1) is 5.69 Å². The summed E-state index contributed by atoms with van der Waals surface area (Å²) in [5.41, 5.74) is 3.53. The van der Waals surface area contributed by atoms with Crippen molar-refractivity contribution in [2.24, 2.45) is 0 Å². The highest BCUT2D eigenvalue weighted by Gasteiger charge is 2.24. The van der Waals surface area contributed by atoms with Crippen LogP contribution in [0.3, 0.4) is 0 Å². The minimum atomic E-state index is 0.0968. The molecule has 2 heterocycles. The fraction of sp³-hybridized carbons (Fsp3) is 0.500. The Morgan fingerprint density at radius 3 is 2.83 bits per heavy atom. The number of benzene rings is 1. The van der Waals surface area contributed by atoms with Gasteiger partial charge in [0, 0.05) is 32.7 Å². The maximum atomic E-state index is 12.8. The molecule has 0 radical (unpaired) electrons. The third-order valence-corrected chi connectivity index (χ3v) is 5.37. The molecule has 1 aromatic heterocycles. The van der Waals surface area contributed by atoms with E-state index in [0.29, 0.717) is 4.88 Å². The van der Waals surface area contributed by atoms with Crippen molar-refractivity contribution in [1.29, 1.82) is 0 Å². The van der Waals surface area contributed by atoms with Gasteiger partial charge in [-0.25, -0.2) is 0 Å². The lowest BCUT2D eigenvalue weighted by Crippen LogP contribution is -2.35. The summed E-state index contributed by atoms with van der Waals surface area (Å²) in [5.74, 6) is 0.0968. The van der Waals surface area contributed by atoms with Crippen LogP contribution in [0.2, 0.25) is 0 Å². The van der Waals surface area contributed by atoms with Crippen molar-refractivity contribution in [3.63, 3.8) is 0 Å². The second-order valence-electron chi connectivity index (χ2n) is 6.25. The second kappa shape index (κ2) is 7.85. The third kappa shape index (κ3) is 3.82. The third-order valence-electron chi connectivity index (χ3n) is 4.62. The first kappa shape index (κ1) is 17.0. The predicted molar refractivity (Wildman–Crippen MR) is 96.3 cm³/mol. The van der Waals surface area contributed by atoms with Crippen LogP contribution in [-0.2, 0) is 13.0 Å². The Balaban J connectivity index is 1.63. The van der Waals surface area contributed by atoms with E-state index in [0.717, 1.165) is 51.3 Å². The van der Waals surface area contributed by atoms with Crippen LogP contribution in [0.1, 0.15) is 39.8 Å². The molecule has 0 unspecified atom stereocenters. The standard InChI is InChI=1S/C18H24N4OS/c1-3-16-17(24-20-19-16)18(23)22-10-6-9-21(11-12-22)13-15-8-5-4-7-14(15)2/h4-5,7-8H,3,6,9-13H2,1-2H3. The number of rotatable bonds is 4. The van der Waals surface area contributed by atoms with Crippen molar-refractivity contribution < 1.29 is 4.79 Å². The molecule has 0 spiro atoms. The molecule has 3 rings (SSSR count). The molecule has 1 aromatic carbocycles. The molecule has 0 atom stereocenters. The summed E-state index contributed by atoms with van der Waals surface area (Å²) >= 11 is 1.22. The van der Waals surface area contributed by atoms with Gasteiger partial charge >= 0.3 is 0 Å². The van der Waals surface area contributed by atoms with E-state index in [1.165, 1.54) is 22.7 Å². The minimum absolute atomic E-state index is 0.0968. The largest absolute Gasteiger partial charge is 0.337 e. The molecule has 0 saturated carbocycles. The number of hydrogen-bond donors (Lipinski definition) is 0. The Bertz CT molecular complexity index is 700. The first-order valence-corrected chi connectivity index (χ1v) is 9.33. The molecule has 0 N–H and O–H groups in total. The lowest BCUT2D eigenvalue weighted by atomic mass is 10.1. The van der Waals surface area contributed by atoms with Gasteiger partial charge in [-0.15, -0.1) is 5.10 Å². The summed E-state index contributed by atoms with van der Waals surface area (Å²) in [6, 6.07) is 8.53. The number of aromatic nitrogens is 2. The van der Waals surface area contributed by atoms with Gasteiger partial charge in [0.2, 0.25) is 0 Å². The Kier molecular flexibility index (Phi) is 5.58. The monoisotopic (exact) mass is 344 g/mol. The zero-order valence-electron chi connectivity index (χ0n) is 14.4. The molecule has 0 aliphatic carbocycles. The van der Waals surface area contributed by atoms with Crippen LogP contribution < -0.4 is 0 Å². The van der Waals surface area contributed by atoms with Gasteiger partial charge in [0.1, 0.15) is 4.88 Å². The fourth-order valence-corrected chi connectivity index (χ4v) is 3.83. The molecular formula is C18H24N4OS. The molecule has 6 heteroatoms. The molecule has 1 saturated heterocycles. The van der Waals surface area contributed by atoms with Crippen LogP contribution in [0, 0.1) is 6.92 Å². The molecule has 1 fully saturated rings. The Labute approximate surface area is 147 Å². The van der Waals surface area contributed by atoms with E-state index in [1.807, 2.05) is 11.8 Å². The van der Waals surface area contributed by atoms with E-state index < -0.39 is 0 Å². The number of aryl methyl sites for hydroxylation is 2. The van der Waals surface area contributed by atoms with Crippen molar-refractivity contribution >= 4 is 17.4 Å². The highest BCUT2D eigenvalue weighted by atomic mass is 32.1. The number of amides is 1. The Morgan fingerprint density at radius 2 is 2.04 bits per heavy atom. The van der Waals surface area contributed by atoms with E-state index >= 15 is 0 Å². The van der Waals surface area contributed by atoms with Gasteiger partial charge in [-0.2, -0.15) is 0 Å². The number of nitrogens with zero attached hydrogens (tertiary/aromatic N) is 4. The van der Waals surface area contributed by atoms with Crippen LogP contribution in [-0.4, -0.2) is 51.5 Å². The van der Waals surface area contributed by atoms with Gasteiger partial charge in [0.25, 0.3) is 5.91 Å². The zero-order valence-corrected chi connectivity index (χ0v) is 15.2. The average molecular weight is 344 g/mol. The van der Waals surface area contributed by atoms with E-state index in [2.05, 4.69) is 45.7 Å². The molecule has 5 nitrogen and oxygen atoms in total. The first-order valence-electron chi connectivity index (χ1n) is 8.56. The summed E-state index contributed by atoms with van der Waals surface area (Å²) in [6.07, 6.45) is 1.76. The van der Waals surface area contributed by atoms with Crippen molar-refractivity contribution in [2.45, 2.75) is 33.2 Å². The van der Waals surface area contributed by atoms with Crippen LogP contribution in [0.5, 0.6) is 0 Å². The highest BCUT2D eigenvalue weighted by molar-refractivity contribution is 7.08. The van der Waals surface area contributed by atoms with E-state index in [-0.39, 0.29) is 5.91 Å². The van der Waals surface area contributed by atoms with Gasteiger partial charge in [0.15, 0.2) is 0 Å². The van der Waals surface area contributed by atoms with Gasteiger partial charge in [-0.05, 0) is 42.4 Å². The summed E-state index contributed by atoms with van der Waals surface area (Å²) in [7, 11) is 0. The molecule has 128 valence electrons. The van der Waals surface area contributed by atoms with Crippen LogP contribution in [0.25, 0.3) is 0 Å². The zero-order chi connectivity index (χ0) is 16.9. The topological polar surface area (TPSA) is 49.3 Å². The highest BCUT2D eigenvalue weighted by Crippen LogP contribution is 2.17. The molecule has 1 aliphatic rings. The molecule has 2 aromatic rings. The van der Waals surface area contributed by atoms with E-state index in [4.69, 9.17) is 0 Å². The number of carbonyl (C=O) groups excluding carboxylic acids is 1. The summed E-state index contributed by atoms with van der Waals surface area (Å²) in [4.78, 5) is 17.9. The molecule has 24 heavy (non-hydrogen) atoms. The molecular weight excluding hydrogens is 320 g/mol. The van der Waals surface area contributed by atoms with Crippen LogP contribution in [0.15, 0.2) is 24.3 Å². The Hall–Kier alpha value is -1.79. The maximum Gasteiger partial charge on any atom is 0.267 e. The molecule has 0 bridgehead atoms. The summed E-state index contributed by atoms with van der Waals surface area (Å²) < 4.78 is 3.95. The average Bonchev–Trinajstić information content (AvgIpc) is 2.95. The predicted octanol–water partition coefficient (Wildman–Crippen LogP) is 2.76. The number of hydrogen-bond acceptors (Lipinski definition) is 5. The van der Waals surface area contributed by atoms with E-state index in [1.54, 1.807) is 0 Å². The van der Waals surface area contributed by atoms with Crippen LogP contribution >= 0.6 is 11.5 Å².